The molecule has 0 atom stereocenters. The second kappa shape index (κ2) is 6.02. The van der Waals surface area contributed by atoms with Crippen LogP contribution in [0, 0.1) is 6.92 Å². The molecule has 0 radical (unpaired) electrons. The van der Waals surface area contributed by atoms with Gasteiger partial charge >= 0.3 is 0 Å². The minimum absolute atomic E-state index is 0.246. The number of sulfonamides is 1. The van der Waals surface area contributed by atoms with E-state index >= 15 is 0 Å². The molecule has 1 aliphatic rings. The molecule has 108 valence electrons. The van der Waals surface area contributed by atoms with E-state index in [9.17, 15) is 8.42 Å². The molecule has 19 heavy (non-hydrogen) atoms. The lowest BCUT2D eigenvalue weighted by molar-refractivity contribution is 0.177. The first-order valence-corrected chi connectivity index (χ1v) is 8.24. The Kier molecular flexibility index (Phi) is 4.59. The Morgan fingerprint density at radius 3 is 2.53 bits per heavy atom. The maximum atomic E-state index is 11.9. The molecule has 1 fully saturated rings. The van der Waals surface area contributed by atoms with Crippen molar-refractivity contribution >= 4 is 10.0 Å². The highest BCUT2D eigenvalue weighted by atomic mass is 32.2. The van der Waals surface area contributed by atoms with Crippen molar-refractivity contribution in [3.63, 3.8) is 0 Å². The molecule has 1 saturated heterocycles. The van der Waals surface area contributed by atoms with Crippen LogP contribution < -0.4 is 0 Å². The van der Waals surface area contributed by atoms with E-state index in [-0.39, 0.29) is 5.75 Å². The van der Waals surface area contributed by atoms with Crippen LogP contribution in [0.5, 0.6) is 0 Å². The van der Waals surface area contributed by atoms with Crippen LogP contribution >= 0.6 is 0 Å². The predicted octanol–water partition coefficient (Wildman–Crippen LogP) is 0.840. The van der Waals surface area contributed by atoms with Crippen molar-refractivity contribution in [2.24, 2.45) is 0 Å². The maximum absolute atomic E-state index is 11.9. The highest BCUT2D eigenvalue weighted by molar-refractivity contribution is 7.89. The largest absolute Gasteiger partial charge is 0.361 e. The van der Waals surface area contributed by atoms with E-state index in [0.29, 0.717) is 19.5 Å². The standard InChI is InChI=1S/C12H21N3O3S/c1-3-8-19(16,17)15-6-4-14(5-7-15)10-12-9-11(2)18-13-12/h9H,3-8,10H2,1-2H3. The van der Waals surface area contributed by atoms with Gasteiger partial charge in [-0.15, -0.1) is 0 Å². The third-order valence-corrected chi connectivity index (χ3v) is 5.33. The number of aryl methyl sites for hydroxylation is 1. The zero-order valence-corrected chi connectivity index (χ0v) is 12.3. The molecule has 1 aromatic rings. The number of nitrogens with zero attached hydrogens (tertiary/aromatic N) is 3. The number of hydrogen-bond acceptors (Lipinski definition) is 5. The lowest BCUT2D eigenvalue weighted by Gasteiger charge is -2.33. The van der Waals surface area contributed by atoms with Crippen LogP contribution in [0.4, 0.5) is 0 Å². The molecule has 0 N–H and O–H groups in total. The summed E-state index contributed by atoms with van der Waals surface area (Å²) in [5, 5.41) is 3.96. The van der Waals surface area contributed by atoms with E-state index < -0.39 is 10.0 Å². The van der Waals surface area contributed by atoms with Crippen molar-refractivity contribution in [1.82, 2.24) is 14.4 Å². The van der Waals surface area contributed by atoms with E-state index in [1.807, 2.05) is 19.9 Å². The Morgan fingerprint density at radius 1 is 1.32 bits per heavy atom. The van der Waals surface area contributed by atoms with Crippen LogP contribution in [-0.2, 0) is 16.6 Å². The number of hydrogen-bond donors (Lipinski definition) is 0. The molecule has 0 aromatic carbocycles. The SMILES string of the molecule is CCCS(=O)(=O)N1CCN(Cc2cc(C)on2)CC1. The Morgan fingerprint density at radius 2 is 2.00 bits per heavy atom. The average molecular weight is 287 g/mol. The average Bonchev–Trinajstić information content (AvgIpc) is 2.75. The second-order valence-corrected chi connectivity index (χ2v) is 7.01. The van der Waals surface area contributed by atoms with Gasteiger partial charge in [-0.25, -0.2) is 8.42 Å². The van der Waals surface area contributed by atoms with Gasteiger partial charge in [0.25, 0.3) is 0 Å². The Hall–Kier alpha value is -0.920. The summed E-state index contributed by atoms with van der Waals surface area (Å²) in [7, 11) is -3.05. The lowest BCUT2D eigenvalue weighted by Crippen LogP contribution is -2.48. The normalized spacial score (nSPS) is 18.8. The third-order valence-electron chi connectivity index (χ3n) is 3.25. The summed E-state index contributed by atoms with van der Waals surface area (Å²) in [5.74, 6) is 1.05. The fourth-order valence-electron chi connectivity index (χ4n) is 2.27. The van der Waals surface area contributed by atoms with Gasteiger partial charge < -0.3 is 4.52 Å². The summed E-state index contributed by atoms with van der Waals surface area (Å²) in [6, 6.07) is 1.92. The molecule has 0 bridgehead atoms. The topological polar surface area (TPSA) is 66.7 Å². The van der Waals surface area contributed by atoms with Gasteiger partial charge in [0.05, 0.1) is 11.4 Å². The molecule has 0 saturated carbocycles. The van der Waals surface area contributed by atoms with Crippen LogP contribution in [0.2, 0.25) is 0 Å². The van der Waals surface area contributed by atoms with Gasteiger partial charge in [-0.2, -0.15) is 4.31 Å². The summed E-state index contributed by atoms with van der Waals surface area (Å²) < 4.78 is 30.5. The first kappa shape index (κ1) is 14.5. The summed E-state index contributed by atoms with van der Waals surface area (Å²) in [6.07, 6.45) is 0.667. The Balaban J connectivity index is 1.86. The summed E-state index contributed by atoms with van der Waals surface area (Å²) in [4.78, 5) is 2.20. The molecule has 0 amide bonds. The van der Waals surface area contributed by atoms with Crippen molar-refractivity contribution in [3.8, 4) is 0 Å². The summed E-state index contributed by atoms with van der Waals surface area (Å²) in [5.41, 5.74) is 0.905. The number of aromatic nitrogens is 1. The second-order valence-electron chi connectivity index (χ2n) is 4.92. The smallest absolute Gasteiger partial charge is 0.214 e. The monoisotopic (exact) mass is 287 g/mol. The van der Waals surface area contributed by atoms with Gasteiger partial charge in [0, 0.05) is 38.8 Å². The van der Waals surface area contributed by atoms with Gasteiger partial charge in [0.15, 0.2) is 0 Å². The highest BCUT2D eigenvalue weighted by Crippen LogP contribution is 2.12. The molecule has 7 heteroatoms. The molecular formula is C12H21N3O3S. The van der Waals surface area contributed by atoms with Crippen molar-refractivity contribution in [3.05, 3.63) is 17.5 Å². The first-order chi connectivity index (χ1) is 9.01. The Bertz CT molecular complexity index is 504. The van der Waals surface area contributed by atoms with Crippen LogP contribution in [-0.4, -0.2) is 54.7 Å². The van der Waals surface area contributed by atoms with Crippen LogP contribution in [0.15, 0.2) is 10.6 Å². The molecule has 1 aromatic heterocycles. The van der Waals surface area contributed by atoms with Gasteiger partial charge in [0.2, 0.25) is 10.0 Å². The van der Waals surface area contributed by atoms with E-state index in [2.05, 4.69) is 10.1 Å². The van der Waals surface area contributed by atoms with Crippen molar-refractivity contribution in [1.29, 1.82) is 0 Å². The van der Waals surface area contributed by atoms with E-state index in [1.54, 1.807) is 4.31 Å². The molecule has 2 heterocycles. The third kappa shape index (κ3) is 3.77. The maximum Gasteiger partial charge on any atom is 0.214 e. The van der Waals surface area contributed by atoms with Crippen LogP contribution in [0.3, 0.4) is 0 Å². The van der Waals surface area contributed by atoms with E-state index in [4.69, 9.17) is 4.52 Å². The predicted molar refractivity (Wildman–Crippen MR) is 72.2 cm³/mol. The molecule has 0 spiro atoms. The van der Waals surface area contributed by atoms with Crippen LogP contribution in [0.25, 0.3) is 0 Å². The number of piperazine rings is 1. The minimum Gasteiger partial charge on any atom is -0.361 e. The highest BCUT2D eigenvalue weighted by Gasteiger charge is 2.26. The van der Waals surface area contributed by atoms with Crippen molar-refractivity contribution in [2.75, 3.05) is 31.9 Å². The van der Waals surface area contributed by atoms with Crippen molar-refractivity contribution < 1.29 is 12.9 Å². The molecule has 6 nitrogen and oxygen atoms in total. The summed E-state index contributed by atoms with van der Waals surface area (Å²) in [6.45, 7) is 7.10. The lowest BCUT2D eigenvalue weighted by atomic mass is 10.3. The Labute approximate surface area is 114 Å². The first-order valence-electron chi connectivity index (χ1n) is 6.63. The van der Waals surface area contributed by atoms with Crippen LogP contribution in [0.1, 0.15) is 24.8 Å². The molecule has 0 unspecified atom stereocenters. The fraction of sp³-hybridized carbons (Fsp3) is 0.750. The summed E-state index contributed by atoms with van der Waals surface area (Å²) >= 11 is 0. The zero-order chi connectivity index (χ0) is 13.9. The molecule has 1 aliphatic heterocycles. The number of rotatable bonds is 5. The van der Waals surface area contributed by atoms with E-state index in [1.165, 1.54) is 0 Å². The fourth-order valence-corrected chi connectivity index (χ4v) is 3.77. The molecule has 2 rings (SSSR count). The molecular weight excluding hydrogens is 266 g/mol. The molecule has 0 aliphatic carbocycles. The quantitative estimate of drug-likeness (QED) is 0.803. The van der Waals surface area contributed by atoms with Crippen molar-refractivity contribution in [2.45, 2.75) is 26.8 Å². The van der Waals surface area contributed by atoms with Gasteiger partial charge in [0.1, 0.15) is 5.76 Å². The zero-order valence-electron chi connectivity index (χ0n) is 11.5. The van der Waals surface area contributed by atoms with Gasteiger partial charge in [-0.3, -0.25) is 4.90 Å². The van der Waals surface area contributed by atoms with Gasteiger partial charge in [-0.1, -0.05) is 12.1 Å². The van der Waals surface area contributed by atoms with Gasteiger partial charge in [-0.05, 0) is 13.3 Å². The van der Waals surface area contributed by atoms with E-state index in [0.717, 1.165) is 31.1 Å². The minimum atomic E-state index is -3.05.